The van der Waals surface area contributed by atoms with Crippen molar-refractivity contribution >= 4 is 23.2 Å². The summed E-state index contributed by atoms with van der Waals surface area (Å²) in [6, 6.07) is 3.63. The van der Waals surface area contributed by atoms with Crippen LogP contribution in [0.5, 0.6) is 0 Å². The number of halogens is 2. The van der Waals surface area contributed by atoms with Crippen LogP contribution >= 0.6 is 0 Å². The lowest BCUT2D eigenvalue weighted by Gasteiger charge is -2.06. The van der Waals surface area contributed by atoms with E-state index in [1.165, 1.54) is 6.07 Å². The number of anilines is 1. The number of nitriles is 1. The second-order valence-corrected chi connectivity index (χ2v) is 3.57. The molecule has 0 saturated heterocycles. The Hall–Kier alpha value is -3.02. The monoisotopic (exact) mass is 281 g/mol. The first-order valence-corrected chi connectivity index (χ1v) is 5.13. The number of hydrazone groups is 1. The molecule has 9 heteroatoms. The zero-order chi connectivity index (χ0) is 15.3. The topological polar surface area (TPSA) is 135 Å². The predicted molar refractivity (Wildman–Crippen MR) is 66.3 cm³/mol. The normalized spacial score (nSPS) is 10.8. The van der Waals surface area contributed by atoms with E-state index in [4.69, 9.17) is 21.5 Å². The van der Waals surface area contributed by atoms with Crippen LogP contribution in [0.2, 0.25) is 0 Å². The highest BCUT2D eigenvalue weighted by molar-refractivity contribution is 6.45. The van der Waals surface area contributed by atoms with E-state index in [9.17, 15) is 13.6 Å². The van der Waals surface area contributed by atoms with Crippen LogP contribution in [-0.4, -0.2) is 22.6 Å². The largest absolute Gasteiger partial charge is 0.481 e. The number of benzene rings is 1. The predicted octanol–water partition coefficient (Wildman–Crippen LogP) is 0.819. The van der Waals surface area contributed by atoms with Gasteiger partial charge in [-0.15, -0.1) is 0 Å². The van der Waals surface area contributed by atoms with Crippen LogP contribution in [0.25, 0.3) is 0 Å². The first-order valence-electron chi connectivity index (χ1n) is 5.13. The zero-order valence-electron chi connectivity index (χ0n) is 9.94. The number of nitrogens with zero attached hydrogens (tertiary/aromatic N) is 2. The summed E-state index contributed by atoms with van der Waals surface area (Å²) >= 11 is 0. The van der Waals surface area contributed by atoms with Gasteiger partial charge in [0.2, 0.25) is 5.71 Å². The van der Waals surface area contributed by atoms with Gasteiger partial charge < -0.3 is 10.8 Å². The van der Waals surface area contributed by atoms with E-state index in [2.05, 4.69) is 5.10 Å². The molecule has 1 aromatic carbocycles. The highest BCUT2D eigenvalue weighted by Crippen LogP contribution is 2.21. The second-order valence-electron chi connectivity index (χ2n) is 3.57. The molecule has 20 heavy (non-hydrogen) atoms. The standard InChI is InChI=1S/C11H9F2N5O2/c12-9-5(3-8(19)20)1-2-6(10(9)13)17-18-7(4-14)11(15)16/h1-2,17H,3H2,(H3,15,16)(H,19,20)/b18-7+. The number of carboxylic acid groups (broad SMARTS) is 1. The molecule has 0 aromatic heterocycles. The summed E-state index contributed by atoms with van der Waals surface area (Å²) in [5, 5.41) is 27.4. The maximum atomic E-state index is 13.6. The van der Waals surface area contributed by atoms with Crippen molar-refractivity contribution in [1.29, 1.82) is 10.7 Å². The van der Waals surface area contributed by atoms with E-state index in [0.717, 1.165) is 12.1 Å². The number of carboxylic acids is 1. The van der Waals surface area contributed by atoms with Gasteiger partial charge in [-0.25, -0.2) is 8.78 Å². The molecular weight excluding hydrogens is 272 g/mol. The lowest BCUT2D eigenvalue weighted by Crippen LogP contribution is -2.22. The Kier molecular flexibility index (Phi) is 4.69. The molecule has 0 radical (unpaired) electrons. The molecule has 7 nitrogen and oxygen atoms in total. The quantitative estimate of drug-likeness (QED) is 0.360. The molecule has 1 aromatic rings. The van der Waals surface area contributed by atoms with Crippen LogP contribution in [0.1, 0.15) is 5.56 Å². The average Bonchev–Trinajstić information content (AvgIpc) is 2.37. The Bertz CT molecular complexity index is 636. The van der Waals surface area contributed by atoms with Gasteiger partial charge in [-0.1, -0.05) is 6.07 Å². The number of hydrogen-bond acceptors (Lipinski definition) is 5. The van der Waals surface area contributed by atoms with Crippen LogP contribution in [-0.2, 0) is 11.2 Å². The highest BCUT2D eigenvalue weighted by Gasteiger charge is 2.15. The van der Waals surface area contributed by atoms with Crippen molar-refractivity contribution in [2.24, 2.45) is 10.8 Å². The second kappa shape index (κ2) is 6.24. The van der Waals surface area contributed by atoms with Gasteiger partial charge in [0.15, 0.2) is 17.5 Å². The Morgan fingerprint density at radius 1 is 1.50 bits per heavy atom. The summed E-state index contributed by atoms with van der Waals surface area (Å²) in [5.41, 5.74) is 5.83. The smallest absolute Gasteiger partial charge is 0.307 e. The lowest BCUT2D eigenvalue weighted by molar-refractivity contribution is -0.136. The molecule has 0 heterocycles. The minimum absolute atomic E-state index is 0.323. The molecule has 0 spiro atoms. The minimum Gasteiger partial charge on any atom is -0.481 e. The minimum atomic E-state index is -1.34. The molecule has 0 unspecified atom stereocenters. The number of aliphatic carboxylic acids is 1. The van der Waals surface area contributed by atoms with E-state index >= 15 is 0 Å². The fourth-order valence-electron chi connectivity index (χ4n) is 1.24. The van der Waals surface area contributed by atoms with Crippen LogP contribution in [0.3, 0.4) is 0 Å². The van der Waals surface area contributed by atoms with E-state index < -0.39 is 41.3 Å². The van der Waals surface area contributed by atoms with Crippen molar-refractivity contribution in [2.75, 3.05) is 5.43 Å². The number of nitrogens with one attached hydrogen (secondary N) is 2. The SMILES string of the molecule is N#C/C(=N\Nc1ccc(CC(=O)O)c(F)c1F)C(=N)N. The number of amidine groups is 1. The van der Waals surface area contributed by atoms with Gasteiger partial charge in [-0.05, 0) is 6.07 Å². The summed E-state index contributed by atoms with van der Waals surface area (Å²) in [6.07, 6.45) is -0.663. The highest BCUT2D eigenvalue weighted by atomic mass is 19.2. The molecule has 0 amide bonds. The summed E-state index contributed by atoms with van der Waals surface area (Å²) in [6.45, 7) is 0. The van der Waals surface area contributed by atoms with E-state index in [0.29, 0.717) is 0 Å². The van der Waals surface area contributed by atoms with Gasteiger partial charge >= 0.3 is 5.97 Å². The fourth-order valence-corrected chi connectivity index (χ4v) is 1.24. The van der Waals surface area contributed by atoms with Gasteiger partial charge in [-0.2, -0.15) is 10.4 Å². The van der Waals surface area contributed by atoms with Gasteiger partial charge in [0.25, 0.3) is 0 Å². The molecule has 5 N–H and O–H groups in total. The number of rotatable bonds is 5. The van der Waals surface area contributed by atoms with Crippen molar-refractivity contribution in [1.82, 2.24) is 0 Å². The van der Waals surface area contributed by atoms with E-state index in [-0.39, 0.29) is 5.56 Å². The van der Waals surface area contributed by atoms with Gasteiger partial charge in [-0.3, -0.25) is 15.6 Å². The maximum absolute atomic E-state index is 13.6. The molecular formula is C11H9F2N5O2. The average molecular weight is 281 g/mol. The summed E-state index contributed by atoms with van der Waals surface area (Å²) in [7, 11) is 0. The van der Waals surface area contributed by atoms with Crippen molar-refractivity contribution in [3.05, 3.63) is 29.3 Å². The van der Waals surface area contributed by atoms with Crippen molar-refractivity contribution in [3.8, 4) is 6.07 Å². The number of hydrogen-bond donors (Lipinski definition) is 4. The number of nitrogens with two attached hydrogens (primary N) is 1. The zero-order valence-corrected chi connectivity index (χ0v) is 9.94. The summed E-state index contributed by atoms with van der Waals surface area (Å²) in [4.78, 5) is 10.4. The van der Waals surface area contributed by atoms with Crippen molar-refractivity contribution in [2.45, 2.75) is 6.42 Å². The van der Waals surface area contributed by atoms with Crippen molar-refractivity contribution < 1.29 is 18.7 Å². The third kappa shape index (κ3) is 3.49. The Morgan fingerprint density at radius 2 is 2.15 bits per heavy atom. The third-order valence-corrected chi connectivity index (χ3v) is 2.15. The first-order chi connectivity index (χ1) is 9.36. The van der Waals surface area contributed by atoms with Gasteiger partial charge in [0, 0.05) is 5.56 Å². The van der Waals surface area contributed by atoms with Gasteiger partial charge in [0.1, 0.15) is 6.07 Å². The molecule has 1 rings (SSSR count). The number of carbonyl (C=O) groups is 1. The van der Waals surface area contributed by atoms with Crippen molar-refractivity contribution in [3.63, 3.8) is 0 Å². The van der Waals surface area contributed by atoms with Crippen LogP contribution in [0.15, 0.2) is 17.2 Å². The molecule has 104 valence electrons. The molecule has 0 aliphatic carbocycles. The molecule has 0 aliphatic rings. The Balaban J connectivity index is 3.05. The maximum Gasteiger partial charge on any atom is 0.307 e. The van der Waals surface area contributed by atoms with Gasteiger partial charge in [0.05, 0.1) is 12.1 Å². The van der Waals surface area contributed by atoms with Crippen LogP contribution in [0.4, 0.5) is 14.5 Å². The molecule has 0 fully saturated rings. The molecule has 0 bridgehead atoms. The molecule has 0 saturated carbocycles. The van der Waals surface area contributed by atoms with E-state index in [1.807, 2.05) is 5.43 Å². The van der Waals surface area contributed by atoms with E-state index in [1.54, 1.807) is 0 Å². The lowest BCUT2D eigenvalue weighted by atomic mass is 10.1. The van der Waals surface area contributed by atoms with Crippen LogP contribution in [0, 0.1) is 28.4 Å². The summed E-state index contributed by atoms with van der Waals surface area (Å²) < 4.78 is 27.1. The molecule has 0 atom stereocenters. The molecule has 0 aliphatic heterocycles. The Labute approximate surface area is 111 Å². The fraction of sp³-hybridized carbons (Fsp3) is 0.0909. The Morgan fingerprint density at radius 3 is 2.65 bits per heavy atom. The third-order valence-electron chi connectivity index (χ3n) is 2.15. The van der Waals surface area contributed by atoms with Crippen LogP contribution < -0.4 is 11.2 Å². The summed E-state index contributed by atoms with van der Waals surface area (Å²) in [5.74, 6) is -4.60. The first kappa shape index (κ1) is 15.0.